The summed E-state index contributed by atoms with van der Waals surface area (Å²) in [7, 11) is 0. The lowest BCUT2D eigenvalue weighted by Gasteiger charge is -2.10. The van der Waals surface area contributed by atoms with Crippen molar-refractivity contribution in [2.45, 2.75) is 13.0 Å². The molecule has 0 unspecified atom stereocenters. The number of para-hydroxylation sites is 1. The zero-order chi connectivity index (χ0) is 23.8. The van der Waals surface area contributed by atoms with Gasteiger partial charge in [-0.2, -0.15) is 5.10 Å². The van der Waals surface area contributed by atoms with Gasteiger partial charge in [-0.25, -0.2) is 5.43 Å². The highest BCUT2D eigenvalue weighted by Crippen LogP contribution is 2.25. The van der Waals surface area contributed by atoms with Crippen molar-refractivity contribution in [2.75, 3.05) is 0 Å². The van der Waals surface area contributed by atoms with Crippen molar-refractivity contribution in [3.05, 3.63) is 109 Å². The molecule has 0 heterocycles. The van der Waals surface area contributed by atoms with Crippen LogP contribution in [0.5, 0.6) is 5.75 Å². The van der Waals surface area contributed by atoms with Crippen molar-refractivity contribution in [1.29, 1.82) is 0 Å². The molecule has 0 aromatic heterocycles. The Morgan fingerprint density at radius 1 is 1.00 bits per heavy atom. The standard InChI is InChI=1S/C22H17ClN4O6/c23-19-7-3-1-6-17(19)14-33-21-8-4-2-5-16(21)13-24-25-22(28)11-15-9-10-18(26(29)30)12-20(15)27(31)32/h1-10,12-13H,11,14H2,(H,25,28). The van der Waals surface area contributed by atoms with Gasteiger partial charge in [0.05, 0.1) is 28.5 Å². The van der Waals surface area contributed by atoms with Crippen LogP contribution in [0, 0.1) is 20.2 Å². The fourth-order valence-corrected chi connectivity index (χ4v) is 3.05. The Balaban J connectivity index is 1.65. The predicted octanol–water partition coefficient (Wildman–Crippen LogP) is 4.43. The summed E-state index contributed by atoms with van der Waals surface area (Å²) in [6.45, 7) is 0.237. The summed E-state index contributed by atoms with van der Waals surface area (Å²) in [6.07, 6.45) is 1.00. The van der Waals surface area contributed by atoms with Crippen LogP contribution >= 0.6 is 11.6 Å². The van der Waals surface area contributed by atoms with Crippen LogP contribution in [0.4, 0.5) is 11.4 Å². The fraction of sp³-hybridized carbons (Fsp3) is 0.0909. The number of carbonyl (C=O) groups is 1. The molecular weight excluding hydrogens is 452 g/mol. The van der Waals surface area contributed by atoms with E-state index in [0.717, 1.165) is 17.7 Å². The number of ether oxygens (including phenoxy) is 1. The lowest BCUT2D eigenvalue weighted by molar-refractivity contribution is -0.394. The van der Waals surface area contributed by atoms with Gasteiger partial charge in [0.25, 0.3) is 11.4 Å². The molecular formula is C22H17ClN4O6. The number of nitro groups is 2. The van der Waals surface area contributed by atoms with E-state index in [0.29, 0.717) is 16.3 Å². The Hall–Kier alpha value is -4.31. The number of nitrogens with one attached hydrogen (secondary N) is 1. The molecule has 33 heavy (non-hydrogen) atoms. The van der Waals surface area contributed by atoms with Crippen LogP contribution in [-0.2, 0) is 17.8 Å². The molecule has 0 atom stereocenters. The Bertz CT molecular complexity index is 1230. The maximum atomic E-state index is 12.2. The van der Waals surface area contributed by atoms with E-state index in [1.54, 1.807) is 30.3 Å². The lowest BCUT2D eigenvalue weighted by atomic mass is 10.1. The topological polar surface area (TPSA) is 137 Å². The average Bonchev–Trinajstić information content (AvgIpc) is 2.79. The molecule has 3 aromatic carbocycles. The van der Waals surface area contributed by atoms with Crippen molar-refractivity contribution < 1.29 is 19.4 Å². The molecule has 0 aliphatic rings. The first-order valence-corrected chi connectivity index (χ1v) is 9.92. The molecule has 0 radical (unpaired) electrons. The van der Waals surface area contributed by atoms with E-state index in [-0.39, 0.29) is 18.6 Å². The van der Waals surface area contributed by atoms with Gasteiger partial charge in [0.2, 0.25) is 5.91 Å². The summed E-state index contributed by atoms with van der Waals surface area (Å²) in [5.41, 5.74) is 2.77. The van der Waals surface area contributed by atoms with Crippen LogP contribution in [-0.4, -0.2) is 22.0 Å². The van der Waals surface area contributed by atoms with E-state index >= 15 is 0 Å². The first-order chi connectivity index (χ1) is 15.8. The van der Waals surface area contributed by atoms with Gasteiger partial charge in [-0.1, -0.05) is 41.9 Å². The number of nitro benzene ring substituents is 2. The maximum absolute atomic E-state index is 12.2. The van der Waals surface area contributed by atoms with Crippen LogP contribution in [0.25, 0.3) is 0 Å². The number of rotatable bonds is 9. The van der Waals surface area contributed by atoms with Gasteiger partial charge in [-0.3, -0.25) is 25.0 Å². The molecule has 1 amide bonds. The molecule has 3 rings (SSSR count). The molecule has 0 saturated heterocycles. The van der Waals surface area contributed by atoms with Crippen LogP contribution in [0.3, 0.4) is 0 Å². The lowest BCUT2D eigenvalue weighted by Crippen LogP contribution is -2.20. The zero-order valence-corrected chi connectivity index (χ0v) is 17.8. The minimum atomic E-state index is -0.772. The highest BCUT2D eigenvalue weighted by atomic mass is 35.5. The molecule has 10 nitrogen and oxygen atoms in total. The third-order valence-corrected chi connectivity index (χ3v) is 4.85. The summed E-state index contributed by atoms with van der Waals surface area (Å²) in [4.78, 5) is 32.7. The van der Waals surface area contributed by atoms with E-state index in [1.807, 2.05) is 18.2 Å². The summed E-state index contributed by atoms with van der Waals surface area (Å²) in [5.74, 6) is -0.112. The number of hydrazone groups is 1. The number of hydrogen-bond donors (Lipinski definition) is 1. The third-order valence-electron chi connectivity index (χ3n) is 4.48. The predicted molar refractivity (Wildman–Crippen MR) is 121 cm³/mol. The molecule has 1 N–H and O–H groups in total. The highest BCUT2D eigenvalue weighted by molar-refractivity contribution is 6.31. The number of hydrogen-bond acceptors (Lipinski definition) is 7. The van der Waals surface area contributed by atoms with Crippen LogP contribution in [0.15, 0.2) is 71.8 Å². The second-order valence-electron chi connectivity index (χ2n) is 6.72. The first-order valence-electron chi connectivity index (χ1n) is 9.54. The molecule has 168 valence electrons. The van der Waals surface area contributed by atoms with Gasteiger partial charge >= 0.3 is 0 Å². The van der Waals surface area contributed by atoms with E-state index in [1.165, 1.54) is 12.3 Å². The summed E-state index contributed by atoms with van der Waals surface area (Å²) in [5, 5.41) is 26.5. The number of carbonyl (C=O) groups excluding carboxylic acids is 1. The van der Waals surface area contributed by atoms with Gasteiger partial charge in [-0.05, 0) is 24.3 Å². The van der Waals surface area contributed by atoms with Crippen LogP contribution < -0.4 is 10.2 Å². The smallest absolute Gasteiger partial charge is 0.279 e. The highest BCUT2D eigenvalue weighted by Gasteiger charge is 2.21. The number of nitrogens with zero attached hydrogens (tertiary/aromatic N) is 3. The largest absolute Gasteiger partial charge is 0.488 e. The maximum Gasteiger partial charge on any atom is 0.279 e. The minimum absolute atomic E-state index is 0.0294. The van der Waals surface area contributed by atoms with Gasteiger partial charge in [0.15, 0.2) is 0 Å². The monoisotopic (exact) mass is 468 g/mol. The van der Waals surface area contributed by atoms with Crippen molar-refractivity contribution >= 4 is 35.1 Å². The van der Waals surface area contributed by atoms with E-state index in [4.69, 9.17) is 16.3 Å². The van der Waals surface area contributed by atoms with Crippen molar-refractivity contribution in [2.24, 2.45) is 5.10 Å². The first kappa shape index (κ1) is 23.4. The SMILES string of the molecule is O=C(Cc1ccc([N+](=O)[O-])cc1[N+](=O)[O-])NN=Cc1ccccc1OCc1ccccc1Cl. The average molecular weight is 469 g/mol. The van der Waals surface area contributed by atoms with Gasteiger partial charge in [-0.15, -0.1) is 0 Å². The molecule has 0 aliphatic heterocycles. The zero-order valence-electron chi connectivity index (χ0n) is 17.0. The quantitative estimate of drug-likeness (QED) is 0.280. The third kappa shape index (κ3) is 6.34. The Kier molecular flexibility index (Phi) is 7.66. The number of halogens is 1. The fourth-order valence-electron chi connectivity index (χ4n) is 2.86. The number of non-ortho nitro benzene ring substituents is 1. The molecule has 0 spiro atoms. The van der Waals surface area contributed by atoms with E-state index in [9.17, 15) is 25.0 Å². The van der Waals surface area contributed by atoms with Crippen molar-refractivity contribution in [1.82, 2.24) is 5.43 Å². The summed E-state index contributed by atoms with van der Waals surface area (Å²) < 4.78 is 5.81. The van der Waals surface area contributed by atoms with Gasteiger partial charge < -0.3 is 4.74 Å². The molecule has 0 fully saturated rings. The second kappa shape index (κ2) is 10.8. The molecule has 0 saturated carbocycles. The Morgan fingerprint density at radius 3 is 2.45 bits per heavy atom. The summed E-state index contributed by atoms with van der Waals surface area (Å²) >= 11 is 6.14. The molecule has 3 aromatic rings. The van der Waals surface area contributed by atoms with Gasteiger partial charge in [0.1, 0.15) is 12.4 Å². The van der Waals surface area contributed by atoms with Crippen molar-refractivity contribution in [3.8, 4) is 5.75 Å². The van der Waals surface area contributed by atoms with Gasteiger partial charge in [0, 0.05) is 27.8 Å². The van der Waals surface area contributed by atoms with Crippen LogP contribution in [0.2, 0.25) is 5.02 Å². The summed E-state index contributed by atoms with van der Waals surface area (Å²) in [6, 6.07) is 17.4. The van der Waals surface area contributed by atoms with Crippen LogP contribution in [0.1, 0.15) is 16.7 Å². The Labute approximate surface area is 192 Å². The molecule has 0 bridgehead atoms. The van der Waals surface area contributed by atoms with E-state index < -0.39 is 27.1 Å². The molecule has 0 aliphatic carbocycles. The Morgan fingerprint density at radius 2 is 1.73 bits per heavy atom. The minimum Gasteiger partial charge on any atom is -0.488 e. The normalized spacial score (nSPS) is 10.7. The van der Waals surface area contributed by atoms with Crippen molar-refractivity contribution in [3.63, 3.8) is 0 Å². The number of benzene rings is 3. The second-order valence-corrected chi connectivity index (χ2v) is 7.12. The number of amides is 1. The van der Waals surface area contributed by atoms with E-state index in [2.05, 4.69) is 10.5 Å². The molecule has 11 heteroatoms.